The van der Waals surface area contributed by atoms with E-state index in [1.54, 1.807) is 24.3 Å². The summed E-state index contributed by atoms with van der Waals surface area (Å²) in [4.78, 5) is 23.3. The fourth-order valence-corrected chi connectivity index (χ4v) is 5.24. The Morgan fingerprint density at radius 3 is 2.03 bits per heavy atom. The van der Waals surface area contributed by atoms with E-state index in [4.69, 9.17) is 49.0 Å². The molecular formula is C26H32Cl3NO8S. The number of alkyl halides is 1. The third-order valence-electron chi connectivity index (χ3n) is 5.78. The van der Waals surface area contributed by atoms with Crippen LogP contribution in [0.4, 0.5) is 0 Å². The van der Waals surface area contributed by atoms with Gasteiger partial charge in [-0.2, -0.15) is 0 Å². The van der Waals surface area contributed by atoms with Gasteiger partial charge in [-0.1, -0.05) is 49.2 Å². The van der Waals surface area contributed by atoms with Crippen molar-refractivity contribution in [3.8, 4) is 11.5 Å². The number of nitrogens with zero attached hydrogens (tertiary/aromatic N) is 1. The maximum absolute atomic E-state index is 11.9. The summed E-state index contributed by atoms with van der Waals surface area (Å²) in [6, 6.07) is 10.6. The van der Waals surface area contributed by atoms with Crippen molar-refractivity contribution in [2.45, 2.75) is 45.3 Å². The van der Waals surface area contributed by atoms with Gasteiger partial charge in [-0.15, -0.1) is 11.6 Å². The van der Waals surface area contributed by atoms with E-state index >= 15 is 0 Å². The number of hydrogen-bond donors (Lipinski definition) is 1. The van der Waals surface area contributed by atoms with Gasteiger partial charge in [0, 0.05) is 19.3 Å². The number of esters is 1. The summed E-state index contributed by atoms with van der Waals surface area (Å²) >= 11 is 18.5. The zero-order chi connectivity index (χ0) is 29.5. The van der Waals surface area contributed by atoms with E-state index in [0.29, 0.717) is 10.1 Å². The van der Waals surface area contributed by atoms with Gasteiger partial charge in [0.1, 0.15) is 25.1 Å². The van der Waals surface area contributed by atoms with Crippen LogP contribution in [0.2, 0.25) is 10.0 Å². The third kappa shape index (κ3) is 9.42. The van der Waals surface area contributed by atoms with Crippen LogP contribution in [-0.4, -0.2) is 73.8 Å². The number of hydrogen-bond acceptors (Lipinski definition) is 8. The average molecular weight is 625 g/mol. The molecule has 216 valence electrons. The predicted molar refractivity (Wildman–Crippen MR) is 151 cm³/mol. The molecule has 0 spiro atoms. The van der Waals surface area contributed by atoms with Crippen molar-refractivity contribution >= 4 is 56.7 Å². The molecule has 2 rings (SSSR count). The first-order chi connectivity index (χ1) is 18.1. The van der Waals surface area contributed by atoms with Crippen molar-refractivity contribution in [2.75, 3.05) is 31.9 Å². The highest BCUT2D eigenvalue weighted by Crippen LogP contribution is 2.40. The van der Waals surface area contributed by atoms with Gasteiger partial charge in [-0.25, -0.2) is 12.7 Å². The molecule has 1 amide bonds. The van der Waals surface area contributed by atoms with Gasteiger partial charge in [-0.3, -0.25) is 9.59 Å². The van der Waals surface area contributed by atoms with Crippen LogP contribution in [0.3, 0.4) is 0 Å². The molecule has 13 heteroatoms. The molecule has 2 atom stereocenters. The van der Waals surface area contributed by atoms with Crippen molar-refractivity contribution in [3.05, 3.63) is 57.6 Å². The normalized spacial score (nSPS) is 13.4. The highest BCUT2D eigenvalue weighted by atomic mass is 35.5. The lowest BCUT2D eigenvalue weighted by Gasteiger charge is -2.28. The SMILES string of the molecule is CC(=O)O[C@H](COc1ccc(C(C)(C)c2cc(Cl)c(OC[C@@H](O)CCl)c(Cl)c2)cc1)CN(C(C)=O)S(C)(=O)=O. The minimum Gasteiger partial charge on any atom is -0.490 e. The predicted octanol–water partition coefficient (Wildman–Crippen LogP) is 4.42. The number of aliphatic hydroxyl groups is 1. The lowest BCUT2D eigenvalue weighted by Crippen LogP contribution is -2.43. The molecule has 0 aliphatic heterocycles. The van der Waals surface area contributed by atoms with E-state index in [-0.39, 0.29) is 41.4 Å². The Bertz CT molecular complexity index is 1250. The van der Waals surface area contributed by atoms with Crippen LogP contribution in [0.25, 0.3) is 0 Å². The monoisotopic (exact) mass is 623 g/mol. The highest BCUT2D eigenvalue weighted by Gasteiger charge is 2.28. The first-order valence-electron chi connectivity index (χ1n) is 11.8. The van der Waals surface area contributed by atoms with Gasteiger partial charge in [0.25, 0.3) is 0 Å². The molecule has 0 fully saturated rings. The minimum absolute atomic E-state index is 0.0159. The Morgan fingerprint density at radius 2 is 1.56 bits per heavy atom. The van der Waals surface area contributed by atoms with Crippen molar-refractivity contribution in [1.82, 2.24) is 4.31 Å². The minimum atomic E-state index is -3.85. The Hall–Kier alpha value is -2.24. The lowest BCUT2D eigenvalue weighted by atomic mass is 9.78. The van der Waals surface area contributed by atoms with Crippen LogP contribution < -0.4 is 9.47 Å². The molecule has 0 bridgehead atoms. The van der Waals surface area contributed by atoms with Crippen molar-refractivity contribution in [1.29, 1.82) is 0 Å². The molecule has 39 heavy (non-hydrogen) atoms. The van der Waals surface area contributed by atoms with Gasteiger partial charge in [0.2, 0.25) is 15.9 Å². The number of halogens is 3. The van der Waals surface area contributed by atoms with Gasteiger partial charge in [-0.05, 0) is 35.4 Å². The lowest BCUT2D eigenvalue weighted by molar-refractivity contribution is -0.149. The number of amides is 1. The van der Waals surface area contributed by atoms with Crippen molar-refractivity contribution < 1.29 is 37.3 Å². The molecule has 0 radical (unpaired) electrons. The van der Waals surface area contributed by atoms with E-state index in [0.717, 1.165) is 24.3 Å². The number of sulfonamides is 1. The second-order valence-electron chi connectivity index (χ2n) is 9.39. The molecule has 0 saturated heterocycles. The van der Waals surface area contributed by atoms with E-state index in [9.17, 15) is 23.1 Å². The summed E-state index contributed by atoms with van der Waals surface area (Å²) in [5.41, 5.74) is 1.19. The van der Waals surface area contributed by atoms with Crippen LogP contribution in [0.5, 0.6) is 11.5 Å². The van der Waals surface area contributed by atoms with Crippen molar-refractivity contribution in [2.24, 2.45) is 0 Å². The Labute approximate surface area is 243 Å². The Balaban J connectivity index is 2.18. The molecule has 1 N–H and O–H groups in total. The second-order valence-corrected chi connectivity index (χ2v) is 12.4. The number of carbonyl (C=O) groups excluding carboxylic acids is 2. The molecule has 2 aromatic carbocycles. The summed E-state index contributed by atoms with van der Waals surface area (Å²) in [6.45, 7) is 5.68. The largest absolute Gasteiger partial charge is 0.490 e. The van der Waals surface area contributed by atoms with Gasteiger partial charge in [0.05, 0.1) is 28.7 Å². The molecule has 0 unspecified atom stereocenters. The summed E-state index contributed by atoms with van der Waals surface area (Å²) in [6.07, 6.45) is -0.964. The highest BCUT2D eigenvalue weighted by molar-refractivity contribution is 7.88. The molecule has 9 nitrogen and oxygen atoms in total. The van der Waals surface area contributed by atoms with Crippen molar-refractivity contribution in [3.63, 3.8) is 0 Å². The van der Waals surface area contributed by atoms with Gasteiger partial charge in [0.15, 0.2) is 11.9 Å². The van der Waals surface area contributed by atoms with Gasteiger partial charge >= 0.3 is 5.97 Å². The smallest absolute Gasteiger partial charge is 0.303 e. The van der Waals surface area contributed by atoms with Gasteiger partial charge < -0.3 is 19.3 Å². The molecule has 0 aromatic heterocycles. The van der Waals surface area contributed by atoms with Crippen LogP contribution in [0.1, 0.15) is 38.8 Å². The summed E-state index contributed by atoms with van der Waals surface area (Å²) in [7, 11) is -3.85. The Morgan fingerprint density at radius 1 is 1.00 bits per heavy atom. The van der Waals surface area contributed by atoms with Crippen LogP contribution in [0, 0.1) is 0 Å². The summed E-state index contributed by atoms with van der Waals surface area (Å²) in [5.74, 6) is -0.622. The van der Waals surface area contributed by atoms with E-state index in [1.807, 2.05) is 26.0 Å². The topological polar surface area (TPSA) is 119 Å². The first-order valence-corrected chi connectivity index (χ1v) is 14.9. The average Bonchev–Trinajstić information content (AvgIpc) is 2.83. The first kappa shape index (κ1) is 33.0. The van der Waals surface area contributed by atoms with Crippen LogP contribution in [0.15, 0.2) is 36.4 Å². The summed E-state index contributed by atoms with van der Waals surface area (Å²) < 4.78 is 41.0. The molecule has 0 aliphatic rings. The fraction of sp³-hybridized carbons (Fsp3) is 0.462. The fourth-order valence-electron chi connectivity index (χ4n) is 3.65. The summed E-state index contributed by atoms with van der Waals surface area (Å²) in [5, 5.41) is 10.2. The van der Waals surface area contributed by atoms with E-state index < -0.39 is 39.5 Å². The Kier molecular flexibility index (Phi) is 11.7. The maximum Gasteiger partial charge on any atom is 0.303 e. The molecule has 2 aromatic rings. The number of benzene rings is 2. The standard InChI is InChI=1S/C26H32Cl3NO8S/c1-16(31)30(39(5,34)35)13-22(38-17(2)32)15-36-21-8-6-18(7-9-21)26(3,4)19-10-23(28)25(24(29)11-19)37-14-20(33)12-27/h6-11,20,22,33H,12-15H2,1-5H3/t20-,22-/m0/s1. The molecule has 0 aliphatic carbocycles. The molecule has 0 saturated carbocycles. The number of rotatable bonds is 13. The van der Waals surface area contributed by atoms with Crippen LogP contribution in [-0.2, 0) is 29.8 Å². The maximum atomic E-state index is 11.9. The number of ether oxygens (including phenoxy) is 3. The quantitative estimate of drug-likeness (QED) is 0.257. The third-order valence-corrected chi connectivity index (χ3v) is 7.91. The van der Waals surface area contributed by atoms with Crippen LogP contribution >= 0.6 is 34.8 Å². The molecule has 0 heterocycles. The van der Waals surface area contributed by atoms with E-state index in [2.05, 4.69) is 0 Å². The molecular weight excluding hydrogens is 593 g/mol. The second kappa shape index (κ2) is 13.9. The zero-order valence-electron chi connectivity index (χ0n) is 22.2. The number of aliphatic hydroxyl groups excluding tert-OH is 1. The van der Waals surface area contributed by atoms with E-state index in [1.165, 1.54) is 6.92 Å². The number of carbonyl (C=O) groups is 2. The zero-order valence-corrected chi connectivity index (χ0v) is 25.3.